The Bertz CT molecular complexity index is 225. The number of carbonyl (C=O) groups excluding carboxylic acids is 1. The van der Waals surface area contributed by atoms with E-state index >= 15 is 0 Å². The van der Waals surface area contributed by atoms with Gasteiger partial charge in [0.2, 0.25) is 0 Å². The summed E-state index contributed by atoms with van der Waals surface area (Å²) in [5, 5.41) is 0. The van der Waals surface area contributed by atoms with Crippen LogP contribution >= 0.6 is 0 Å². The molecule has 0 unspecified atom stereocenters. The van der Waals surface area contributed by atoms with E-state index in [0.29, 0.717) is 6.61 Å². The van der Waals surface area contributed by atoms with Gasteiger partial charge in [0.15, 0.2) is 0 Å². The number of rotatable bonds is 10. The van der Waals surface area contributed by atoms with Gasteiger partial charge in [0.05, 0.1) is 26.6 Å². The Kier molecular flexibility index (Phi) is 9.08. The fourth-order valence-electron chi connectivity index (χ4n) is 1.82. The van der Waals surface area contributed by atoms with Gasteiger partial charge in [0.25, 0.3) is 0 Å². The Balaban J connectivity index is 3.63. The summed E-state index contributed by atoms with van der Waals surface area (Å²) in [6.45, 7) is 8.60. The maximum Gasteiger partial charge on any atom is 0.308 e. The molecule has 18 heavy (non-hydrogen) atoms. The van der Waals surface area contributed by atoms with Gasteiger partial charge < -0.3 is 9.22 Å². The summed E-state index contributed by atoms with van der Waals surface area (Å²) in [6, 6.07) is 0. The van der Waals surface area contributed by atoms with E-state index in [4.69, 9.17) is 4.74 Å². The molecule has 108 valence electrons. The fourth-order valence-corrected chi connectivity index (χ4v) is 1.82. The van der Waals surface area contributed by atoms with Crippen LogP contribution in [0.15, 0.2) is 0 Å². The molecule has 0 aliphatic heterocycles. The lowest BCUT2D eigenvalue weighted by molar-refractivity contribution is -0.890. The third-order valence-electron chi connectivity index (χ3n) is 3.28. The van der Waals surface area contributed by atoms with Gasteiger partial charge in [-0.25, -0.2) is 0 Å². The summed E-state index contributed by atoms with van der Waals surface area (Å²) in [6.07, 6.45) is 6.58. The molecule has 3 nitrogen and oxygen atoms in total. The third-order valence-corrected chi connectivity index (χ3v) is 3.28. The Morgan fingerprint density at radius 1 is 1.06 bits per heavy atom. The van der Waals surface area contributed by atoms with E-state index in [1.54, 1.807) is 0 Å². The van der Waals surface area contributed by atoms with Crippen molar-refractivity contribution in [3.05, 3.63) is 0 Å². The van der Waals surface area contributed by atoms with Gasteiger partial charge in [-0.3, -0.25) is 4.79 Å². The number of quaternary nitrogens is 1. The van der Waals surface area contributed by atoms with E-state index < -0.39 is 0 Å². The maximum absolute atomic E-state index is 11.3. The first kappa shape index (κ1) is 17.4. The zero-order valence-corrected chi connectivity index (χ0v) is 13.0. The lowest BCUT2D eigenvalue weighted by Gasteiger charge is -2.29. The van der Waals surface area contributed by atoms with Crippen molar-refractivity contribution in [3.63, 3.8) is 0 Å². The summed E-state index contributed by atoms with van der Waals surface area (Å²) in [7, 11) is 4.42. The molecule has 0 bridgehead atoms. The van der Waals surface area contributed by atoms with Gasteiger partial charge in [-0.1, -0.05) is 40.0 Å². The van der Waals surface area contributed by atoms with Crippen LogP contribution in [0.1, 0.15) is 52.9 Å². The number of nitrogens with zero attached hydrogens (tertiary/aromatic N) is 1. The van der Waals surface area contributed by atoms with Gasteiger partial charge in [0.1, 0.15) is 13.2 Å². The molecule has 0 aromatic carbocycles. The number of likely N-dealkylation sites (N-methyl/N-ethyl adjacent to an activating group) is 1. The molecular formula is C15H32NO2+. The Hall–Kier alpha value is -0.570. The molecule has 0 aromatic rings. The van der Waals surface area contributed by atoms with Crippen molar-refractivity contribution in [2.45, 2.75) is 52.9 Å². The first-order valence-corrected chi connectivity index (χ1v) is 7.37. The monoisotopic (exact) mass is 258 g/mol. The molecule has 0 amide bonds. The van der Waals surface area contributed by atoms with Crippen molar-refractivity contribution < 1.29 is 14.0 Å². The first-order chi connectivity index (χ1) is 8.39. The summed E-state index contributed by atoms with van der Waals surface area (Å²) in [5.74, 6) is -0.104. The summed E-state index contributed by atoms with van der Waals surface area (Å²) >= 11 is 0. The number of ether oxygens (including phenoxy) is 1. The predicted molar refractivity (Wildman–Crippen MR) is 76.4 cm³/mol. The number of hydrogen-bond donors (Lipinski definition) is 0. The highest BCUT2D eigenvalue weighted by Gasteiger charge is 2.16. The van der Waals surface area contributed by atoms with Gasteiger partial charge in [-0.15, -0.1) is 0 Å². The molecule has 0 heterocycles. The van der Waals surface area contributed by atoms with Crippen molar-refractivity contribution in [1.29, 1.82) is 0 Å². The van der Waals surface area contributed by atoms with E-state index in [1.165, 1.54) is 38.6 Å². The lowest BCUT2D eigenvalue weighted by Crippen LogP contribution is -2.43. The first-order valence-electron chi connectivity index (χ1n) is 7.37. The molecule has 0 fully saturated rings. The minimum atomic E-state index is -0.0852. The highest BCUT2D eigenvalue weighted by Crippen LogP contribution is 2.07. The number of carbonyl (C=O) groups is 1. The lowest BCUT2D eigenvalue weighted by atomic mass is 10.1. The normalized spacial score (nSPS) is 11.9. The smallest absolute Gasteiger partial charge is 0.308 e. The minimum Gasteiger partial charge on any atom is -0.459 e. The Morgan fingerprint density at radius 2 is 1.67 bits per heavy atom. The number of hydrogen-bond acceptors (Lipinski definition) is 2. The van der Waals surface area contributed by atoms with Crippen LogP contribution in [0.4, 0.5) is 0 Å². The van der Waals surface area contributed by atoms with Crippen LogP contribution in [0.5, 0.6) is 0 Å². The van der Waals surface area contributed by atoms with Gasteiger partial charge in [-0.2, -0.15) is 0 Å². The van der Waals surface area contributed by atoms with Crippen LogP contribution in [0.3, 0.4) is 0 Å². The zero-order chi connectivity index (χ0) is 14.0. The number of esters is 1. The molecule has 0 spiro atoms. The third kappa shape index (κ3) is 9.46. The SMILES string of the molecule is CCCCCCC[N+](C)(C)CCOC(=O)C(C)C. The van der Waals surface area contributed by atoms with Gasteiger partial charge >= 0.3 is 5.97 Å². The molecule has 0 aromatic heterocycles. The molecule has 0 radical (unpaired) electrons. The predicted octanol–water partition coefficient (Wildman–Crippen LogP) is 3.23. The fraction of sp³-hybridized carbons (Fsp3) is 0.933. The van der Waals surface area contributed by atoms with Gasteiger partial charge in [-0.05, 0) is 12.8 Å². The Labute approximate surface area is 113 Å². The molecule has 0 aliphatic carbocycles. The van der Waals surface area contributed by atoms with E-state index in [0.717, 1.165) is 11.0 Å². The molecule has 0 saturated heterocycles. The number of unbranched alkanes of at least 4 members (excludes halogenated alkanes) is 4. The minimum absolute atomic E-state index is 0.0188. The second-order valence-corrected chi connectivity index (χ2v) is 6.12. The standard InChI is InChI=1S/C15H32NO2/c1-6-7-8-9-10-11-16(4,5)12-13-18-15(17)14(2)3/h14H,6-13H2,1-5H3/q+1. The molecule has 0 saturated carbocycles. The largest absolute Gasteiger partial charge is 0.459 e. The summed E-state index contributed by atoms with van der Waals surface area (Å²) in [4.78, 5) is 11.3. The second kappa shape index (κ2) is 9.37. The highest BCUT2D eigenvalue weighted by atomic mass is 16.5. The Morgan fingerprint density at radius 3 is 2.22 bits per heavy atom. The van der Waals surface area contributed by atoms with Crippen LogP contribution < -0.4 is 0 Å². The van der Waals surface area contributed by atoms with Crippen molar-refractivity contribution in [1.82, 2.24) is 0 Å². The maximum atomic E-state index is 11.3. The van der Waals surface area contributed by atoms with Crippen molar-refractivity contribution in [2.24, 2.45) is 5.92 Å². The van der Waals surface area contributed by atoms with E-state index in [1.807, 2.05) is 13.8 Å². The van der Waals surface area contributed by atoms with E-state index in [-0.39, 0.29) is 11.9 Å². The molecule has 0 rings (SSSR count). The van der Waals surface area contributed by atoms with Gasteiger partial charge in [0, 0.05) is 0 Å². The zero-order valence-electron chi connectivity index (χ0n) is 13.0. The summed E-state index contributed by atoms with van der Waals surface area (Å²) in [5.41, 5.74) is 0. The molecular weight excluding hydrogens is 226 g/mol. The van der Waals surface area contributed by atoms with E-state index in [9.17, 15) is 4.79 Å². The average molecular weight is 258 g/mol. The van der Waals surface area contributed by atoms with Crippen LogP contribution in [-0.2, 0) is 9.53 Å². The molecule has 3 heteroatoms. The van der Waals surface area contributed by atoms with Crippen LogP contribution in [0.25, 0.3) is 0 Å². The molecule has 0 aliphatic rings. The molecule has 0 N–H and O–H groups in total. The van der Waals surface area contributed by atoms with Crippen molar-refractivity contribution in [2.75, 3.05) is 33.8 Å². The highest BCUT2D eigenvalue weighted by molar-refractivity contribution is 5.71. The summed E-state index contributed by atoms with van der Waals surface area (Å²) < 4.78 is 6.17. The average Bonchev–Trinajstić information content (AvgIpc) is 2.28. The molecule has 0 atom stereocenters. The van der Waals surface area contributed by atoms with E-state index in [2.05, 4.69) is 21.0 Å². The van der Waals surface area contributed by atoms with Crippen LogP contribution in [0, 0.1) is 5.92 Å². The van der Waals surface area contributed by atoms with Crippen molar-refractivity contribution in [3.8, 4) is 0 Å². The quantitative estimate of drug-likeness (QED) is 0.342. The topological polar surface area (TPSA) is 26.3 Å². The van der Waals surface area contributed by atoms with Crippen LogP contribution in [0.2, 0.25) is 0 Å². The van der Waals surface area contributed by atoms with Crippen LogP contribution in [-0.4, -0.2) is 44.2 Å². The van der Waals surface area contributed by atoms with Crippen molar-refractivity contribution >= 4 is 5.97 Å². The second-order valence-electron chi connectivity index (χ2n) is 6.12.